The molecule has 0 aliphatic rings. The summed E-state index contributed by atoms with van der Waals surface area (Å²) in [7, 11) is 4.50. The number of methoxy groups -OCH3 is 1. The lowest BCUT2D eigenvalue weighted by Crippen LogP contribution is -2.10. The highest BCUT2D eigenvalue weighted by Gasteiger charge is 2.17. The maximum absolute atomic E-state index is 13.2. The van der Waals surface area contributed by atoms with Crippen LogP contribution >= 0.6 is 0 Å². The summed E-state index contributed by atoms with van der Waals surface area (Å²) in [6, 6.07) is 10.0. The Morgan fingerprint density at radius 3 is 2.08 bits per heavy atom. The highest BCUT2D eigenvalue weighted by atomic mass is 32.2. The third-order valence-corrected chi connectivity index (χ3v) is 5.88. The normalized spacial score (nSPS) is 12.3. The fourth-order valence-corrected chi connectivity index (χ4v) is 4.24. The van der Waals surface area contributed by atoms with Gasteiger partial charge in [0.25, 0.3) is 0 Å². The quantitative estimate of drug-likeness (QED) is 0.789. The number of nitrogens with zero attached hydrogens (tertiary/aromatic N) is 1. The SMILES string of the molecule is COc1ccc(S(=O)c2c(C)cc(N(C)C)cc2C)cc1C(C)C. The first-order valence-corrected chi connectivity index (χ1v) is 9.29. The molecule has 0 amide bonds. The third-order valence-electron chi connectivity index (χ3n) is 4.18. The van der Waals surface area contributed by atoms with Crippen molar-refractivity contribution < 1.29 is 8.95 Å². The predicted octanol–water partition coefficient (Wildman–Crippen LogP) is 4.67. The fraction of sp³-hybridized carbons (Fsp3) is 0.400. The maximum Gasteiger partial charge on any atom is 0.122 e. The van der Waals surface area contributed by atoms with Gasteiger partial charge in [-0.05, 0) is 66.8 Å². The van der Waals surface area contributed by atoms with Gasteiger partial charge in [0, 0.05) is 29.6 Å². The Bertz CT molecular complexity index is 743. The molecule has 4 heteroatoms. The first-order valence-electron chi connectivity index (χ1n) is 8.14. The number of hydrogen-bond donors (Lipinski definition) is 0. The fourth-order valence-electron chi connectivity index (χ4n) is 2.87. The van der Waals surface area contributed by atoms with Crippen LogP contribution in [0, 0.1) is 13.8 Å². The van der Waals surface area contributed by atoms with E-state index in [9.17, 15) is 4.21 Å². The van der Waals surface area contributed by atoms with E-state index in [1.54, 1.807) is 7.11 Å². The summed E-state index contributed by atoms with van der Waals surface area (Å²) in [5.74, 6) is 1.16. The van der Waals surface area contributed by atoms with Gasteiger partial charge in [-0.2, -0.15) is 0 Å². The van der Waals surface area contributed by atoms with E-state index in [1.165, 1.54) is 0 Å². The van der Waals surface area contributed by atoms with E-state index in [4.69, 9.17) is 4.74 Å². The van der Waals surface area contributed by atoms with Crippen LogP contribution in [-0.4, -0.2) is 25.4 Å². The summed E-state index contributed by atoms with van der Waals surface area (Å²) in [5.41, 5.74) is 4.32. The zero-order valence-corrected chi connectivity index (χ0v) is 16.5. The second kappa shape index (κ2) is 7.39. The molecule has 0 bridgehead atoms. The highest BCUT2D eigenvalue weighted by molar-refractivity contribution is 7.85. The van der Waals surface area contributed by atoms with E-state index in [2.05, 4.69) is 30.9 Å². The van der Waals surface area contributed by atoms with E-state index >= 15 is 0 Å². The Labute approximate surface area is 148 Å². The molecule has 2 rings (SSSR count). The van der Waals surface area contributed by atoms with Crippen molar-refractivity contribution in [1.82, 2.24) is 0 Å². The Hall–Kier alpha value is -1.81. The van der Waals surface area contributed by atoms with Crippen molar-refractivity contribution in [2.24, 2.45) is 0 Å². The average Bonchev–Trinajstić information content (AvgIpc) is 2.53. The Kier molecular flexibility index (Phi) is 5.70. The first kappa shape index (κ1) is 18.5. The Balaban J connectivity index is 2.52. The number of ether oxygens (including phenoxy) is 1. The highest BCUT2D eigenvalue weighted by Crippen LogP contribution is 2.32. The van der Waals surface area contributed by atoms with Crippen LogP contribution in [0.3, 0.4) is 0 Å². The van der Waals surface area contributed by atoms with Gasteiger partial charge in [-0.25, -0.2) is 4.21 Å². The minimum atomic E-state index is -1.20. The summed E-state index contributed by atoms with van der Waals surface area (Å²) in [4.78, 5) is 3.79. The lowest BCUT2D eigenvalue weighted by molar-refractivity contribution is 0.407. The van der Waals surface area contributed by atoms with E-state index in [1.807, 2.05) is 46.1 Å². The molecule has 2 aromatic carbocycles. The van der Waals surface area contributed by atoms with Gasteiger partial charge in [0.2, 0.25) is 0 Å². The van der Waals surface area contributed by atoms with Gasteiger partial charge in [-0.3, -0.25) is 0 Å². The molecule has 0 aromatic heterocycles. The van der Waals surface area contributed by atoms with Gasteiger partial charge in [0.1, 0.15) is 5.75 Å². The smallest absolute Gasteiger partial charge is 0.122 e. The number of benzene rings is 2. The molecule has 3 nitrogen and oxygen atoms in total. The van der Waals surface area contributed by atoms with Gasteiger partial charge in [-0.15, -0.1) is 0 Å². The minimum Gasteiger partial charge on any atom is -0.496 e. The molecule has 0 N–H and O–H groups in total. The molecule has 0 spiro atoms. The van der Waals surface area contributed by atoms with Crippen LogP contribution in [0.4, 0.5) is 5.69 Å². The summed E-state index contributed by atoms with van der Waals surface area (Å²) in [6.45, 7) is 8.29. The van der Waals surface area contributed by atoms with E-state index in [-0.39, 0.29) is 0 Å². The van der Waals surface area contributed by atoms with E-state index in [0.717, 1.165) is 37.9 Å². The lowest BCUT2D eigenvalue weighted by Gasteiger charge is -2.18. The molecule has 0 radical (unpaired) electrons. The summed E-state index contributed by atoms with van der Waals surface area (Å²) in [5, 5.41) is 0. The average molecular weight is 346 g/mol. The van der Waals surface area contributed by atoms with E-state index in [0.29, 0.717) is 5.92 Å². The Morgan fingerprint density at radius 1 is 1.04 bits per heavy atom. The van der Waals surface area contributed by atoms with Crippen molar-refractivity contribution in [3.63, 3.8) is 0 Å². The molecule has 0 saturated carbocycles. The first-order chi connectivity index (χ1) is 11.3. The molecule has 0 aliphatic carbocycles. The lowest BCUT2D eigenvalue weighted by atomic mass is 10.0. The molecule has 130 valence electrons. The topological polar surface area (TPSA) is 29.5 Å². The van der Waals surface area contributed by atoms with Gasteiger partial charge in [0.15, 0.2) is 0 Å². The second-order valence-corrected chi connectivity index (χ2v) is 8.05. The zero-order chi connectivity index (χ0) is 18.0. The Morgan fingerprint density at radius 2 is 1.62 bits per heavy atom. The predicted molar refractivity (Wildman–Crippen MR) is 102 cm³/mol. The van der Waals surface area contributed by atoms with Crippen molar-refractivity contribution in [1.29, 1.82) is 0 Å². The van der Waals surface area contributed by atoms with Crippen LogP contribution < -0.4 is 9.64 Å². The number of hydrogen-bond acceptors (Lipinski definition) is 3. The van der Waals surface area contributed by atoms with Crippen LogP contribution in [0.15, 0.2) is 40.1 Å². The number of rotatable bonds is 5. The largest absolute Gasteiger partial charge is 0.496 e. The summed E-state index contributed by atoms with van der Waals surface area (Å²) in [6.07, 6.45) is 0. The molecule has 0 heterocycles. The monoisotopic (exact) mass is 345 g/mol. The van der Waals surface area contributed by atoms with Crippen LogP contribution in [0.25, 0.3) is 0 Å². The van der Waals surface area contributed by atoms with E-state index < -0.39 is 10.8 Å². The number of aryl methyl sites for hydroxylation is 2. The maximum atomic E-state index is 13.2. The molecule has 24 heavy (non-hydrogen) atoms. The molecule has 2 aromatic rings. The number of anilines is 1. The summed E-state index contributed by atoms with van der Waals surface area (Å²) < 4.78 is 18.6. The third kappa shape index (κ3) is 3.64. The van der Waals surface area contributed by atoms with Gasteiger partial charge in [0.05, 0.1) is 17.9 Å². The standard InChI is InChI=1S/C20H27NO2S/c1-13(2)18-12-17(8-9-19(18)23-7)24(22)20-14(3)10-16(21(5)6)11-15(20)4/h8-13H,1-7H3. The molecule has 1 atom stereocenters. The van der Waals surface area contributed by atoms with Crippen LogP contribution in [0.1, 0.15) is 36.5 Å². The van der Waals surface area contributed by atoms with Crippen LogP contribution in [-0.2, 0) is 10.8 Å². The molecular weight excluding hydrogens is 318 g/mol. The molecular formula is C20H27NO2S. The molecule has 0 aliphatic heterocycles. The van der Waals surface area contributed by atoms with Crippen molar-refractivity contribution in [2.75, 3.05) is 26.1 Å². The van der Waals surface area contributed by atoms with Gasteiger partial charge >= 0.3 is 0 Å². The van der Waals surface area contributed by atoms with Crippen molar-refractivity contribution in [2.45, 2.75) is 43.4 Å². The van der Waals surface area contributed by atoms with Crippen molar-refractivity contribution in [3.05, 3.63) is 47.0 Å². The van der Waals surface area contributed by atoms with Crippen LogP contribution in [0.5, 0.6) is 5.75 Å². The molecule has 1 unspecified atom stereocenters. The minimum absolute atomic E-state index is 0.315. The van der Waals surface area contributed by atoms with Crippen molar-refractivity contribution >= 4 is 16.5 Å². The van der Waals surface area contributed by atoms with Crippen LogP contribution in [0.2, 0.25) is 0 Å². The molecule has 0 fully saturated rings. The van der Waals surface area contributed by atoms with Gasteiger partial charge < -0.3 is 9.64 Å². The summed E-state index contributed by atoms with van der Waals surface area (Å²) >= 11 is 0. The zero-order valence-electron chi connectivity index (χ0n) is 15.6. The second-order valence-electron chi connectivity index (χ2n) is 6.63. The van der Waals surface area contributed by atoms with Crippen molar-refractivity contribution in [3.8, 4) is 5.75 Å². The molecule has 0 saturated heterocycles. The van der Waals surface area contributed by atoms with Gasteiger partial charge in [-0.1, -0.05) is 13.8 Å².